The van der Waals surface area contributed by atoms with Crippen molar-refractivity contribution in [1.82, 2.24) is 10.2 Å². The molecule has 2 heterocycles. The molecule has 2 aromatic rings. The first-order valence-corrected chi connectivity index (χ1v) is 10.1. The number of benzene rings is 1. The van der Waals surface area contributed by atoms with E-state index in [0.29, 0.717) is 24.4 Å². The largest absolute Gasteiger partial charge is 0.462 e. The molecule has 0 saturated carbocycles. The Morgan fingerprint density at radius 1 is 1.26 bits per heavy atom. The number of carbonyl (C=O) groups is 2. The molecule has 0 unspecified atom stereocenters. The second-order valence-electron chi connectivity index (χ2n) is 6.57. The Hall–Kier alpha value is -2.38. The first-order chi connectivity index (χ1) is 13.1. The number of amides is 2. The maximum absolute atomic E-state index is 12.1. The molecular weight excluding hydrogens is 362 g/mol. The molecule has 1 aromatic carbocycles. The summed E-state index contributed by atoms with van der Waals surface area (Å²) in [5, 5.41) is 7.86. The lowest BCUT2D eigenvalue weighted by molar-refractivity contribution is 0.0526. The van der Waals surface area contributed by atoms with Crippen LogP contribution in [0.25, 0.3) is 0 Å². The number of thiophene rings is 1. The Bertz CT molecular complexity index is 788. The van der Waals surface area contributed by atoms with E-state index in [9.17, 15) is 9.59 Å². The van der Waals surface area contributed by atoms with Crippen molar-refractivity contribution in [3.63, 3.8) is 0 Å². The lowest BCUT2D eigenvalue weighted by Crippen LogP contribution is -2.45. The van der Waals surface area contributed by atoms with Crippen LogP contribution in [0.1, 0.15) is 34.6 Å². The fourth-order valence-corrected chi connectivity index (χ4v) is 3.99. The summed E-state index contributed by atoms with van der Waals surface area (Å²) in [6, 6.07) is 8.87. The third kappa shape index (κ3) is 5.08. The van der Waals surface area contributed by atoms with Gasteiger partial charge >= 0.3 is 12.0 Å². The van der Waals surface area contributed by atoms with Gasteiger partial charge in [-0.25, -0.2) is 9.59 Å². The highest BCUT2D eigenvalue weighted by atomic mass is 32.1. The Morgan fingerprint density at radius 3 is 2.78 bits per heavy atom. The van der Waals surface area contributed by atoms with Crippen LogP contribution in [0.3, 0.4) is 0 Å². The molecule has 7 heteroatoms. The predicted molar refractivity (Wildman–Crippen MR) is 107 cm³/mol. The SMILES string of the molecule is CCOC(=O)c1ccc(NC(=O)NC[C@H](C)N2CCc3sccc3C2)cc1. The number of ether oxygens (including phenoxy) is 1. The number of urea groups is 1. The fraction of sp³-hybridized carbons (Fsp3) is 0.400. The van der Waals surface area contributed by atoms with Crippen LogP contribution in [0.4, 0.5) is 10.5 Å². The van der Waals surface area contributed by atoms with Crippen molar-refractivity contribution >= 4 is 29.0 Å². The van der Waals surface area contributed by atoms with Crippen LogP contribution >= 0.6 is 11.3 Å². The van der Waals surface area contributed by atoms with Gasteiger partial charge in [-0.3, -0.25) is 4.90 Å². The summed E-state index contributed by atoms with van der Waals surface area (Å²) in [7, 11) is 0. The maximum atomic E-state index is 12.1. The van der Waals surface area contributed by atoms with Crippen LogP contribution in [-0.2, 0) is 17.7 Å². The molecule has 144 valence electrons. The van der Waals surface area contributed by atoms with Crippen molar-refractivity contribution in [3.8, 4) is 0 Å². The van der Waals surface area contributed by atoms with Gasteiger partial charge in [-0.05, 0) is 61.5 Å². The fourth-order valence-electron chi connectivity index (χ4n) is 3.10. The molecule has 0 saturated heterocycles. The van der Waals surface area contributed by atoms with Crippen LogP contribution < -0.4 is 10.6 Å². The number of hydrogen-bond acceptors (Lipinski definition) is 5. The molecule has 0 radical (unpaired) electrons. The minimum Gasteiger partial charge on any atom is -0.462 e. The Labute approximate surface area is 163 Å². The van der Waals surface area contributed by atoms with Crippen LogP contribution in [0.15, 0.2) is 35.7 Å². The van der Waals surface area contributed by atoms with Crippen molar-refractivity contribution in [2.24, 2.45) is 0 Å². The third-order valence-corrected chi connectivity index (χ3v) is 5.70. The molecule has 1 aliphatic heterocycles. The topological polar surface area (TPSA) is 70.7 Å². The van der Waals surface area contributed by atoms with Crippen molar-refractivity contribution < 1.29 is 14.3 Å². The molecule has 6 nitrogen and oxygen atoms in total. The van der Waals surface area contributed by atoms with E-state index in [2.05, 4.69) is 33.9 Å². The Morgan fingerprint density at radius 2 is 2.04 bits per heavy atom. The van der Waals surface area contributed by atoms with Gasteiger partial charge in [-0.1, -0.05) is 0 Å². The molecule has 0 fully saturated rings. The van der Waals surface area contributed by atoms with E-state index in [-0.39, 0.29) is 18.0 Å². The second kappa shape index (κ2) is 9.01. The monoisotopic (exact) mass is 387 g/mol. The number of anilines is 1. The molecule has 1 aliphatic rings. The van der Waals surface area contributed by atoms with E-state index in [1.165, 1.54) is 10.4 Å². The van der Waals surface area contributed by atoms with Crippen LogP contribution in [-0.4, -0.2) is 42.6 Å². The molecule has 0 bridgehead atoms. The average molecular weight is 388 g/mol. The summed E-state index contributed by atoms with van der Waals surface area (Å²) in [5.41, 5.74) is 2.51. The van der Waals surface area contributed by atoms with Gasteiger partial charge in [0.1, 0.15) is 0 Å². The summed E-state index contributed by atoms with van der Waals surface area (Å²) in [4.78, 5) is 27.7. The quantitative estimate of drug-likeness (QED) is 0.745. The van der Waals surface area contributed by atoms with Gasteiger partial charge in [0.15, 0.2) is 0 Å². The molecular formula is C20H25N3O3S. The normalized spacial score (nSPS) is 14.9. The van der Waals surface area contributed by atoms with Gasteiger partial charge in [0.05, 0.1) is 12.2 Å². The number of esters is 1. The zero-order valence-electron chi connectivity index (χ0n) is 15.7. The van der Waals surface area contributed by atoms with E-state index >= 15 is 0 Å². The minimum atomic E-state index is -0.363. The number of carbonyl (C=O) groups excluding carboxylic acids is 2. The van der Waals surface area contributed by atoms with Crippen molar-refractivity contribution in [2.75, 3.05) is 25.0 Å². The van der Waals surface area contributed by atoms with Gasteiger partial charge in [-0.2, -0.15) is 0 Å². The molecule has 1 atom stereocenters. The number of nitrogens with zero attached hydrogens (tertiary/aromatic N) is 1. The van der Waals surface area contributed by atoms with Crippen LogP contribution in [0.2, 0.25) is 0 Å². The Balaban J connectivity index is 1.45. The first-order valence-electron chi connectivity index (χ1n) is 9.18. The van der Waals surface area contributed by atoms with E-state index in [1.807, 2.05) is 11.3 Å². The maximum Gasteiger partial charge on any atom is 0.338 e. The van der Waals surface area contributed by atoms with Gasteiger partial charge in [0.2, 0.25) is 0 Å². The lowest BCUT2D eigenvalue weighted by atomic mass is 10.1. The molecule has 2 N–H and O–H groups in total. The lowest BCUT2D eigenvalue weighted by Gasteiger charge is -2.32. The smallest absolute Gasteiger partial charge is 0.338 e. The molecule has 2 amide bonds. The third-order valence-electron chi connectivity index (χ3n) is 4.67. The van der Waals surface area contributed by atoms with Crippen molar-refractivity contribution in [2.45, 2.75) is 32.9 Å². The summed E-state index contributed by atoms with van der Waals surface area (Å²) >= 11 is 1.83. The van der Waals surface area contributed by atoms with Crippen molar-refractivity contribution in [1.29, 1.82) is 0 Å². The average Bonchev–Trinajstić information content (AvgIpc) is 3.14. The number of hydrogen-bond donors (Lipinski definition) is 2. The van der Waals surface area contributed by atoms with E-state index in [4.69, 9.17) is 4.74 Å². The standard InChI is InChI=1S/C20H25N3O3S/c1-3-26-19(24)15-4-6-17(7-5-15)22-20(25)21-12-14(2)23-10-8-18-16(13-23)9-11-27-18/h4-7,9,11,14H,3,8,10,12-13H2,1-2H3,(H2,21,22,25)/t14-/m0/s1. The van der Waals surface area contributed by atoms with Crippen LogP contribution in [0.5, 0.6) is 0 Å². The second-order valence-corrected chi connectivity index (χ2v) is 7.57. The zero-order chi connectivity index (χ0) is 19.2. The minimum absolute atomic E-state index is 0.251. The summed E-state index contributed by atoms with van der Waals surface area (Å²) < 4.78 is 4.95. The van der Waals surface area contributed by atoms with E-state index in [0.717, 1.165) is 19.5 Å². The summed E-state index contributed by atoms with van der Waals surface area (Å²) in [6.07, 6.45) is 1.08. The molecule has 3 rings (SSSR count). The van der Waals surface area contributed by atoms with Crippen molar-refractivity contribution in [3.05, 3.63) is 51.7 Å². The molecule has 27 heavy (non-hydrogen) atoms. The highest BCUT2D eigenvalue weighted by molar-refractivity contribution is 7.10. The van der Waals surface area contributed by atoms with Gasteiger partial charge < -0.3 is 15.4 Å². The van der Waals surface area contributed by atoms with Gasteiger partial charge in [-0.15, -0.1) is 11.3 Å². The van der Waals surface area contributed by atoms with Crippen LogP contribution in [0, 0.1) is 0 Å². The Kier molecular flexibility index (Phi) is 6.47. The van der Waals surface area contributed by atoms with E-state index in [1.54, 1.807) is 31.2 Å². The highest BCUT2D eigenvalue weighted by Crippen LogP contribution is 2.24. The first kappa shape index (κ1) is 19.4. The highest BCUT2D eigenvalue weighted by Gasteiger charge is 2.21. The van der Waals surface area contributed by atoms with Gasteiger partial charge in [0.25, 0.3) is 0 Å². The number of rotatable bonds is 6. The number of fused-ring (bicyclic) bond motifs is 1. The molecule has 0 aliphatic carbocycles. The predicted octanol–water partition coefficient (Wildman–Crippen LogP) is 3.49. The van der Waals surface area contributed by atoms with Gasteiger partial charge in [0, 0.05) is 36.2 Å². The molecule has 1 aromatic heterocycles. The van der Waals surface area contributed by atoms with E-state index < -0.39 is 0 Å². The molecule has 0 spiro atoms. The zero-order valence-corrected chi connectivity index (χ0v) is 16.5. The summed E-state index contributed by atoms with van der Waals surface area (Å²) in [5.74, 6) is -0.363. The number of nitrogens with one attached hydrogen (secondary N) is 2. The summed E-state index contributed by atoms with van der Waals surface area (Å²) in [6.45, 7) is 6.77.